The Bertz CT molecular complexity index is 644. The van der Waals surface area contributed by atoms with Crippen molar-refractivity contribution in [3.05, 3.63) is 59.7 Å². The van der Waals surface area contributed by atoms with E-state index in [-0.39, 0.29) is 5.97 Å². The van der Waals surface area contributed by atoms with Crippen molar-refractivity contribution < 1.29 is 14.3 Å². The quantitative estimate of drug-likeness (QED) is 0.319. The van der Waals surface area contributed by atoms with Gasteiger partial charge in [-0.2, -0.15) is 0 Å². The molecule has 0 saturated carbocycles. The van der Waals surface area contributed by atoms with E-state index in [1.165, 1.54) is 18.4 Å². The summed E-state index contributed by atoms with van der Waals surface area (Å²) in [6.07, 6.45) is 4.48. The molecule has 0 radical (unpaired) electrons. The summed E-state index contributed by atoms with van der Waals surface area (Å²) in [7, 11) is 0. The van der Waals surface area contributed by atoms with Crippen LogP contribution in [0.5, 0.6) is 11.5 Å². The maximum absolute atomic E-state index is 12.2. The topological polar surface area (TPSA) is 35.5 Å². The van der Waals surface area contributed by atoms with Crippen LogP contribution in [0.2, 0.25) is 0 Å². The van der Waals surface area contributed by atoms with Gasteiger partial charge in [-0.3, -0.25) is 0 Å². The molecule has 25 heavy (non-hydrogen) atoms. The highest BCUT2D eigenvalue weighted by Gasteiger charge is 2.10. The van der Waals surface area contributed by atoms with Gasteiger partial charge in [0.1, 0.15) is 11.5 Å². The van der Waals surface area contributed by atoms with E-state index in [9.17, 15) is 4.79 Å². The van der Waals surface area contributed by atoms with Crippen LogP contribution in [0.1, 0.15) is 68.3 Å². The van der Waals surface area contributed by atoms with Crippen LogP contribution in [0.15, 0.2) is 48.5 Å². The fourth-order valence-corrected chi connectivity index (χ4v) is 2.50. The summed E-state index contributed by atoms with van der Waals surface area (Å²) in [6, 6.07) is 14.8. The van der Waals surface area contributed by atoms with Crippen LogP contribution in [0.25, 0.3) is 0 Å². The summed E-state index contributed by atoms with van der Waals surface area (Å²) in [6.45, 7) is 7.22. The van der Waals surface area contributed by atoms with Gasteiger partial charge in [0.05, 0.1) is 12.2 Å². The van der Waals surface area contributed by atoms with Gasteiger partial charge in [0.2, 0.25) is 0 Å². The second kappa shape index (κ2) is 9.87. The van der Waals surface area contributed by atoms with Gasteiger partial charge >= 0.3 is 5.97 Å². The summed E-state index contributed by atoms with van der Waals surface area (Å²) in [5.41, 5.74) is 1.78. The largest absolute Gasteiger partial charge is 0.494 e. The zero-order valence-electron chi connectivity index (χ0n) is 15.5. The molecule has 1 atom stereocenters. The highest BCUT2D eigenvalue weighted by Crippen LogP contribution is 2.22. The molecule has 0 N–H and O–H groups in total. The summed E-state index contributed by atoms with van der Waals surface area (Å²) < 4.78 is 11.1. The maximum Gasteiger partial charge on any atom is 0.343 e. The molecule has 2 aromatic carbocycles. The monoisotopic (exact) mass is 340 g/mol. The highest BCUT2D eigenvalue weighted by atomic mass is 16.5. The zero-order valence-corrected chi connectivity index (χ0v) is 15.5. The fraction of sp³-hybridized carbons (Fsp3) is 0.409. The van der Waals surface area contributed by atoms with E-state index in [0.717, 1.165) is 18.6 Å². The van der Waals surface area contributed by atoms with Gasteiger partial charge in [-0.25, -0.2) is 4.79 Å². The minimum atomic E-state index is -0.353. The second-order valence-corrected chi connectivity index (χ2v) is 6.35. The summed E-state index contributed by atoms with van der Waals surface area (Å²) in [4.78, 5) is 12.2. The third kappa shape index (κ3) is 5.93. The number of unbranched alkanes of at least 4 members (excludes halogenated alkanes) is 2. The van der Waals surface area contributed by atoms with Crippen molar-refractivity contribution in [2.75, 3.05) is 6.61 Å². The van der Waals surface area contributed by atoms with Gasteiger partial charge < -0.3 is 9.47 Å². The molecule has 0 saturated heterocycles. The van der Waals surface area contributed by atoms with Crippen molar-refractivity contribution in [3.63, 3.8) is 0 Å². The molecular formula is C22H28O3. The molecule has 3 nitrogen and oxygen atoms in total. The van der Waals surface area contributed by atoms with Crippen LogP contribution in [0.4, 0.5) is 0 Å². The molecule has 0 aliphatic heterocycles. The van der Waals surface area contributed by atoms with Crippen molar-refractivity contribution in [1.82, 2.24) is 0 Å². The minimum Gasteiger partial charge on any atom is -0.494 e. The van der Waals surface area contributed by atoms with Crippen LogP contribution >= 0.6 is 0 Å². The predicted molar refractivity (Wildman–Crippen MR) is 102 cm³/mol. The third-order valence-corrected chi connectivity index (χ3v) is 4.38. The number of carbonyl (C=O) groups excluding carboxylic acids is 1. The summed E-state index contributed by atoms with van der Waals surface area (Å²) >= 11 is 0. The number of hydrogen-bond donors (Lipinski definition) is 0. The summed E-state index contributed by atoms with van der Waals surface area (Å²) in [5.74, 6) is 1.51. The summed E-state index contributed by atoms with van der Waals surface area (Å²) in [5, 5.41) is 0. The van der Waals surface area contributed by atoms with Crippen LogP contribution in [0, 0.1) is 0 Å². The molecule has 0 bridgehead atoms. The third-order valence-electron chi connectivity index (χ3n) is 4.38. The molecule has 2 rings (SSSR count). The lowest BCUT2D eigenvalue weighted by molar-refractivity contribution is 0.0734. The van der Waals surface area contributed by atoms with Gasteiger partial charge in [0.15, 0.2) is 0 Å². The number of benzene rings is 2. The van der Waals surface area contributed by atoms with Crippen molar-refractivity contribution in [3.8, 4) is 11.5 Å². The van der Waals surface area contributed by atoms with E-state index in [1.54, 1.807) is 12.1 Å². The molecule has 0 aromatic heterocycles. The van der Waals surface area contributed by atoms with Crippen molar-refractivity contribution in [2.45, 2.75) is 52.4 Å². The smallest absolute Gasteiger partial charge is 0.343 e. The van der Waals surface area contributed by atoms with Crippen molar-refractivity contribution in [2.24, 2.45) is 0 Å². The van der Waals surface area contributed by atoms with Crippen molar-refractivity contribution in [1.29, 1.82) is 0 Å². The van der Waals surface area contributed by atoms with E-state index in [0.29, 0.717) is 23.8 Å². The van der Waals surface area contributed by atoms with Crippen LogP contribution in [-0.4, -0.2) is 12.6 Å². The Kier molecular flexibility index (Phi) is 7.52. The Hall–Kier alpha value is -2.29. The predicted octanol–water partition coefficient (Wildman–Crippen LogP) is 5.99. The second-order valence-electron chi connectivity index (χ2n) is 6.35. The number of carbonyl (C=O) groups is 1. The number of hydrogen-bond acceptors (Lipinski definition) is 3. The van der Waals surface area contributed by atoms with Gasteiger partial charge in [-0.1, -0.05) is 45.7 Å². The lowest BCUT2D eigenvalue weighted by atomic mass is 9.99. The van der Waals surface area contributed by atoms with Crippen LogP contribution in [-0.2, 0) is 0 Å². The standard InChI is InChI=1S/C22H28O3/c1-4-6-7-16-24-20-12-10-19(11-13-20)22(23)25-21-14-8-18(9-15-21)17(3)5-2/h8-15,17H,4-7,16H2,1-3H3. The molecule has 0 fully saturated rings. The Morgan fingerprint density at radius 1 is 0.920 bits per heavy atom. The first kappa shape index (κ1) is 19.0. The Morgan fingerprint density at radius 2 is 1.56 bits per heavy atom. The molecule has 0 aliphatic rings. The molecule has 1 unspecified atom stereocenters. The van der Waals surface area contributed by atoms with E-state index in [4.69, 9.17) is 9.47 Å². The van der Waals surface area contributed by atoms with E-state index in [1.807, 2.05) is 36.4 Å². The number of esters is 1. The molecule has 0 amide bonds. The molecule has 3 heteroatoms. The van der Waals surface area contributed by atoms with Crippen LogP contribution in [0.3, 0.4) is 0 Å². The van der Waals surface area contributed by atoms with Gasteiger partial charge in [-0.15, -0.1) is 0 Å². The molecule has 0 aliphatic carbocycles. The number of ether oxygens (including phenoxy) is 2. The highest BCUT2D eigenvalue weighted by molar-refractivity contribution is 5.91. The maximum atomic E-state index is 12.2. The average Bonchev–Trinajstić information content (AvgIpc) is 2.65. The van der Waals surface area contributed by atoms with E-state index >= 15 is 0 Å². The van der Waals surface area contributed by atoms with Crippen molar-refractivity contribution >= 4 is 5.97 Å². The molecular weight excluding hydrogens is 312 g/mol. The molecule has 0 heterocycles. The minimum absolute atomic E-state index is 0.353. The lowest BCUT2D eigenvalue weighted by Crippen LogP contribution is -2.08. The SMILES string of the molecule is CCCCCOc1ccc(C(=O)Oc2ccc(C(C)CC)cc2)cc1. The van der Waals surface area contributed by atoms with Gasteiger partial charge in [-0.05, 0) is 60.7 Å². The van der Waals surface area contributed by atoms with Gasteiger partial charge in [0, 0.05) is 0 Å². The van der Waals surface area contributed by atoms with Crippen LogP contribution < -0.4 is 9.47 Å². The Labute approximate surface area is 151 Å². The molecule has 0 spiro atoms. The Morgan fingerprint density at radius 3 is 2.16 bits per heavy atom. The zero-order chi connectivity index (χ0) is 18.1. The van der Waals surface area contributed by atoms with E-state index in [2.05, 4.69) is 20.8 Å². The van der Waals surface area contributed by atoms with Gasteiger partial charge in [0.25, 0.3) is 0 Å². The first-order chi connectivity index (χ1) is 12.1. The molecule has 134 valence electrons. The lowest BCUT2D eigenvalue weighted by Gasteiger charge is -2.10. The Balaban J connectivity index is 1.90. The number of rotatable bonds is 9. The fourth-order valence-electron chi connectivity index (χ4n) is 2.50. The normalized spacial score (nSPS) is 11.8. The molecule has 2 aromatic rings. The van der Waals surface area contributed by atoms with E-state index < -0.39 is 0 Å². The first-order valence-electron chi connectivity index (χ1n) is 9.19. The average molecular weight is 340 g/mol. The first-order valence-corrected chi connectivity index (χ1v) is 9.19.